The molecule has 1 aliphatic rings. The number of aliphatic hydroxyl groups is 1. The molecule has 3 N–H and O–H groups in total. The van der Waals surface area contributed by atoms with Crippen molar-refractivity contribution in [3.8, 4) is 0 Å². The molecule has 0 spiro atoms. The average Bonchev–Trinajstić information content (AvgIpc) is 3.23. The van der Waals surface area contributed by atoms with Crippen LogP contribution in [-0.4, -0.2) is 26.2 Å². The van der Waals surface area contributed by atoms with Gasteiger partial charge in [0.2, 0.25) is 5.79 Å². The second kappa shape index (κ2) is 8.03. The van der Waals surface area contributed by atoms with Crippen LogP contribution in [0.2, 0.25) is 0 Å². The Hall–Kier alpha value is -2.60. The molecule has 0 aliphatic carbocycles. The maximum absolute atomic E-state index is 11.8. The summed E-state index contributed by atoms with van der Waals surface area (Å²) < 4.78 is 7.96. The number of ether oxygens (including phenoxy) is 1. The number of aryl methyl sites for hydroxylation is 1. The molecule has 1 unspecified atom stereocenters. The standard InChI is InChI=1S/C23H23ClN2O2.H2O/c1-3-22(27)23(18-10-6-4-7-11-18,19-12-8-5-9-13-19)21(24)20(28-22)16-26-15-14-17(2)25-26;/h4-15,27H,3,16H2,1-2H3;1H2. The van der Waals surface area contributed by atoms with Gasteiger partial charge in [-0.25, -0.2) is 0 Å². The van der Waals surface area contributed by atoms with Crippen LogP contribution in [-0.2, 0) is 16.7 Å². The molecular weight excluding hydrogens is 388 g/mol. The van der Waals surface area contributed by atoms with E-state index in [1.807, 2.05) is 86.8 Å². The second-order valence-electron chi connectivity index (χ2n) is 7.11. The van der Waals surface area contributed by atoms with E-state index in [4.69, 9.17) is 16.3 Å². The largest absolute Gasteiger partial charge is 0.462 e. The Kier molecular flexibility index (Phi) is 5.85. The molecule has 1 atom stereocenters. The molecular formula is C23H25ClN2O3. The fourth-order valence-corrected chi connectivity index (χ4v) is 4.55. The summed E-state index contributed by atoms with van der Waals surface area (Å²) >= 11 is 7.04. The van der Waals surface area contributed by atoms with Crippen LogP contribution in [0, 0.1) is 6.92 Å². The fourth-order valence-electron chi connectivity index (χ4n) is 4.09. The lowest BCUT2D eigenvalue weighted by Gasteiger charge is -2.41. The molecule has 6 heteroatoms. The first kappa shape index (κ1) is 21.1. The molecule has 2 heterocycles. The van der Waals surface area contributed by atoms with E-state index in [2.05, 4.69) is 5.10 Å². The Labute approximate surface area is 175 Å². The molecule has 29 heavy (non-hydrogen) atoms. The number of aromatic nitrogens is 2. The monoisotopic (exact) mass is 412 g/mol. The SMILES string of the molecule is CCC1(O)OC(Cn2ccc(C)n2)=C(Cl)C1(c1ccccc1)c1ccccc1.O. The first-order valence-electron chi connectivity index (χ1n) is 9.43. The smallest absolute Gasteiger partial charge is 0.226 e. The van der Waals surface area contributed by atoms with Gasteiger partial charge in [-0.3, -0.25) is 4.68 Å². The van der Waals surface area contributed by atoms with Gasteiger partial charge >= 0.3 is 0 Å². The van der Waals surface area contributed by atoms with Gasteiger partial charge in [0.25, 0.3) is 0 Å². The van der Waals surface area contributed by atoms with Crippen molar-refractivity contribution in [3.63, 3.8) is 0 Å². The summed E-state index contributed by atoms with van der Waals surface area (Å²) in [6, 6.07) is 21.6. The average molecular weight is 413 g/mol. The van der Waals surface area contributed by atoms with Crippen LogP contribution >= 0.6 is 11.6 Å². The molecule has 0 fully saturated rings. The lowest BCUT2D eigenvalue weighted by atomic mass is 9.68. The third kappa shape index (κ3) is 3.25. The third-order valence-corrected chi connectivity index (χ3v) is 5.92. The van der Waals surface area contributed by atoms with Gasteiger partial charge in [0.15, 0.2) is 0 Å². The zero-order valence-corrected chi connectivity index (χ0v) is 17.2. The van der Waals surface area contributed by atoms with Crippen LogP contribution in [0.4, 0.5) is 0 Å². The molecule has 5 nitrogen and oxygen atoms in total. The molecule has 4 rings (SSSR count). The van der Waals surface area contributed by atoms with Crippen molar-refractivity contribution >= 4 is 11.6 Å². The quantitative estimate of drug-likeness (QED) is 0.689. The highest BCUT2D eigenvalue weighted by atomic mass is 35.5. The number of nitrogens with zero attached hydrogens (tertiary/aromatic N) is 2. The summed E-state index contributed by atoms with van der Waals surface area (Å²) in [5.41, 5.74) is 1.69. The molecule has 0 saturated heterocycles. The molecule has 0 radical (unpaired) electrons. The second-order valence-corrected chi connectivity index (χ2v) is 7.49. The van der Waals surface area contributed by atoms with E-state index in [9.17, 15) is 5.11 Å². The predicted octanol–water partition coefficient (Wildman–Crippen LogP) is 3.93. The lowest BCUT2D eigenvalue weighted by Crippen LogP contribution is -2.50. The van der Waals surface area contributed by atoms with E-state index in [-0.39, 0.29) is 5.48 Å². The minimum Gasteiger partial charge on any atom is -0.462 e. The first-order chi connectivity index (χ1) is 13.5. The number of benzene rings is 2. The predicted molar refractivity (Wildman–Crippen MR) is 113 cm³/mol. The van der Waals surface area contributed by atoms with E-state index in [1.54, 1.807) is 4.68 Å². The Morgan fingerprint density at radius 1 is 1.00 bits per heavy atom. The van der Waals surface area contributed by atoms with Crippen LogP contribution in [0.5, 0.6) is 0 Å². The van der Waals surface area contributed by atoms with Crippen molar-refractivity contribution in [1.29, 1.82) is 0 Å². The zero-order valence-electron chi connectivity index (χ0n) is 16.5. The fraction of sp³-hybridized carbons (Fsp3) is 0.261. The maximum atomic E-state index is 11.8. The lowest BCUT2D eigenvalue weighted by molar-refractivity contribution is -0.192. The summed E-state index contributed by atoms with van der Waals surface area (Å²) in [5, 5.41) is 16.7. The van der Waals surface area contributed by atoms with Gasteiger partial charge in [0.05, 0.1) is 17.3 Å². The zero-order chi connectivity index (χ0) is 19.8. The van der Waals surface area contributed by atoms with Crippen LogP contribution in [0.1, 0.15) is 30.2 Å². The van der Waals surface area contributed by atoms with Crippen molar-refractivity contribution in [2.45, 2.75) is 38.0 Å². The Morgan fingerprint density at radius 2 is 1.55 bits per heavy atom. The number of hydrogen-bond donors (Lipinski definition) is 1. The Bertz CT molecular complexity index is 962. The van der Waals surface area contributed by atoms with Crippen LogP contribution < -0.4 is 0 Å². The topological polar surface area (TPSA) is 78.8 Å². The van der Waals surface area contributed by atoms with Gasteiger partial charge in [-0.2, -0.15) is 5.10 Å². The van der Waals surface area contributed by atoms with Crippen molar-refractivity contribution < 1.29 is 15.3 Å². The number of halogens is 1. The van der Waals surface area contributed by atoms with E-state index in [0.717, 1.165) is 16.8 Å². The van der Waals surface area contributed by atoms with E-state index < -0.39 is 11.2 Å². The Balaban J connectivity index is 0.00000240. The summed E-state index contributed by atoms with van der Waals surface area (Å²) in [5.74, 6) is -0.980. The van der Waals surface area contributed by atoms with Gasteiger partial charge in [0.1, 0.15) is 11.2 Å². The number of rotatable bonds is 5. The maximum Gasteiger partial charge on any atom is 0.226 e. The molecule has 152 valence electrons. The van der Waals surface area contributed by atoms with Crippen LogP contribution in [0.3, 0.4) is 0 Å². The summed E-state index contributed by atoms with van der Waals surface area (Å²) in [7, 11) is 0. The minimum atomic E-state index is -1.51. The van der Waals surface area contributed by atoms with E-state index in [0.29, 0.717) is 23.8 Å². The molecule has 1 aliphatic heterocycles. The van der Waals surface area contributed by atoms with Crippen molar-refractivity contribution in [2.75, 3.05) is 0 Å². The third-order valence-electron chi connectivity index (χ3n) is 5.42. The summed E-state index contributed by atoms with van der Waals surface area (Å²) in [4.78, 5) is 0. The Morgan fingerprint density at radius 3 is 2.00 bits per heavy atom. The molecule has 0 amide bonds. The van der Waals surface area contributed by atoms with Gasteiger partial charge in [-0.05, 0) is 24.1 Å². The summed E-state index contributed by atoms with van der Waals surface area (Å²) in [6.45, 7) is 4.20. The molecule has 0 saturated carbocycles. The van der Waals surface area contributed by atoms with Gasteiger partial charge < -0.3 is 15.3 Å². The van der Waals surface area contributed by atoms with Crippen molar-refractivity contribution in [3.05, 3.63) is 101 Å². The van der Waals surface area contributed by atoms with Crippen molar-refractivity contribution in [1.82, 2.24) is 9.78 Å². The van der Waals surface area contributed by atoms with Gasteiger partial charge in [-0.15, -0.1) is 0 Å². The van der Waals surface area contributed by atoms with Crippen LogP contribution in [0.25, 0.3) is 0 Å². The highest BCUT2D eigenvalue weighted by molar-refractivity contribution is 6.32. The van der Waals surface area contributed by atoms with Crippen LogP contribution in [0.15, 0.2) is 83.7 Å². The minimum absolute atomic E-state index is 0. The molecule has 3 aromatic rings. The van der Waals surface area contributed by atoms with Crippen molar-refractivity contribution in [2.24, 2.45) is 0 Å². The molecule has 1 aromatic heterocycles. The van der Waals surface area contributed by atoms with E-state index >= 15 is 0 Å². The highest BCUT2D eigenvalue weighted by Crippen LogP contribution is 2.57. The number of hydrogen-bond acceptors (Lipinski definition) is 3. The summed E-state index contributed by atoms with van der Waals surface area (Å²) in [6.07, 6.45) is 2.25. The van der Waals surface area contributed by atoms with E-state index in [1.165, 1.54) is 0 Å². The molecule has 0 bridgehead atoms. The first-order valence-corrected chi connectivity index (χ1v) is 9.80. The van der Waals surface area contributed by atoms with Gasteiger partial charge in [-0.1, -0.05) is 79.2 Å². The number of allylic oxidation sites excluding steroid dienone is 1. The normalized spacial score (nSPS) is 20.3. The van der Waals surface area contributed by atoms with Gasteiger partial charge in [0, 0.05) is 12.6 Å². The molecule has 2 aromatic carbocycles. The highest BCUT2D eigenvalue weighted by Gasteiger charge is 2.61.